The minimum absolute atomic E-state index is 0.641. The van der Waals surface area contributed by atoms with E-state index in [9.17, 15) is 0 Å². The second-order valence-electron chi connectivity index (χ2n) is 3.63. The summed E-state index contributed by atoms with van der Waals surface area (Å²) in [7, 11) is 0. The molecule has 0 atom stereocenters. The maximum absolute atomic E-state index is 5.92. The van der Waals surface area contributed by atoms with Gasteiger partial charge in [-0.1, -0.05) is 11.6 Å². The van der Waals surface area contributed by atoms with Crippen molar-refractivity contribution in [3.8, 4) is 5.75 Å². The SMILES string of the molecule is CCN(CC)C1=NCc2cc(Cl)ccc2O1. The number of amidine groups is 1. The molecule has 0 N–H and O–H groups in total. The van der Waals surface area contributed by atoms with Gasteiger partial charge in [-0.2, -0.15) is 0 Å². The molecule has 1 aliphatic heterocycles. The number of fused-ring (bicyclic) bond motifs is 1. The highest BCUT2D eigenvalue weighted by Gasteiger charge is 2.17. The van der Waals surface area contributed by atoms with Crippen LogP contribution in [-0.2, 0) is 6.54 Å². The highest BCUT2D eigenvalue weighted by molar-refractivity contribution is 6.30. The molecule has 1 aromatic rings. The van der Waals surface area contributed by atoms with E-state index in [2.05, 4.69) is 23.7 Å². The zero-order valence-electron chi connectivity index (χ0n) is 9.53. The Bertz CT molecular complexity index is 413. The molecule has 3 nitrogen and oxygen atoms in total. The van der Waals surface area contributed by atoms with E-state index in [-0.39, 0.29) is 0 Å². The number of hydrogen-bond acceptors (Lipinski definition) is 3. The Labute approximate surface area is 101 Å². The van der Waals surface area contributed by atoms with Crippen LogP contribution in [0.1, 0.15) is 19.4 Å². The van der Waals surface area contributed by atoms with Gasteiger partial charge in [-0.15, -0.1) is 0 Å². The Morgan fingerprint density at radius 1 is 1.38 bits per heavy atom. The van der Waals surface area contributed by atoms with Crippen LogP contribution < -0.4 is 4.74 Å². The van der Waals surface area contributed by atoms with Gasteiger partial charge in [0.1, 0.15) is 5.75 Å². The summed E-state index contributed by atoms with van der Waals surface area (Å²) >= 11 is 5.92. The van der Waals surface area contributed by atoms with Crippen LogP contribution in [0.25, 0.3) is 0 Å². The van der Waals surface area contributed by atoms with Gasteiger partial charge in [0.15, 0.2) is 0 Å². The van der Waals surface area contributed by atoms with Crippen LogP contribution in [0.4, 0.5) is 0 Å². The number of halogens is 1. The van der Waals surface area contributed by atoms with Gasteiger partial charge < -0.3 is 9.64 Å². The number of benzene rings is 1. The minimum Gasteiger partial charge on any atom is -0.426 e. The maximum atomic E-state index is 5.92. The molecule has 86 valence electrons. The van der Waals surface area contributed by atoms with E-state index < -0.39 is 0 Å². The molecule has 0 aliphatic carbocycles. The van der Waals surface area contributed by atoms with Crippen molar-refractivity contribution in [2.45, 2.75) is 20.4 Å². The molecule has 0 bridgehead atoms. The molecular formula is C12H15ClN2O. The predicted molar refractivity (Wildman–Crippen MR) is 66.1 cm³/mol. The van der Waals surface area contributed by atoms with E-state index in [1.807, 2.05) is 18.2 Å². The summed E-state index contributed by atoms with van der Waals surface area (Å²) in [5.74, 6) is 0.862. The van der Waals surface area contributed by atoms with Crippen molar-refractivity contribution in [2.24, 2.45) is 4.99 Å². The van der Waals surface area contributed by atoms with E-state index in [4.69, 9.17) is 16.3 Å². The van der Waals surface area contributed by atoms with E-state index in [0.717, 1.165) is 29.4 Å². The summed E-state index contributed by atoms with van der Waals surface area (Å²) in [6.07, 6.45) is 0. The summed E-state index contributed by atoms with van der Waals surface area (Å²) in [5.41, 5.74) is 1.04. The molecule has 0 unspecified atom stereocenters. The fourth-order valence-corrected chi connectivity index (χ4v) is 1.91. The first kappa shape index (κ1) is 11.3. The lowest BCUT2D eigenvalue weighted by Crippen LogP contribution is -2.36. The van der Waals surface area contributed by atoms with E-state index >= 15 is 0 Å². The average molecular weight is 239 g/mol. The molecule has 0 saturated carbocycles. The number of ether oxygens (including phenoxy) is 1. The highest BCUT2D eigenvalue weighted by Crippen LogP contribution is 2.27. The maximum Gasteiger partial charge on any atom is 0.293 e. The largest absolute Gasteiger partial charge is 0.426 e. The van der Waals surface area contributed by atoms with Crippen molar-refractivity contribution in [3.05, 3.63) is 28.8 Å². The van der Waals surface area contributed by atoms with Gasteiger partial charge in [0.05, 0.1) is 6.54 Å². The van der Waals surface area contributed by atoms with Crippen LogP contribution >= 0.6 is 11.6 Å². The number of nitrogens with zero attached hydrogens (tertiary/aromatic N) is 2. The molecule has 2 rings (SSSR count). The minimum atomic E-state index is 0.641. The van der Waals surface area contributed by atoms with Crippen molar-refractivity contribution in [3.63, 3.8) is 0 Å². The normalized spacial score (nSPS) is 13.8. The molecule has 0 radical (unpaired) electrons. The second-order valence-corrected chi connectivity index (χ2v) is 4.06. The van der Waals surface area contributed by atoms with Crippen LogP contribution in [0, 0.1) is 0 Å². The Balaban J connectivity index is 2.21. The van der Waals surface area contributed by atoms with Gasteiger partial charge in [-0.05, 0) is 32.0 Å². The monoisotopic (exact) mass is 238 g/mol. The zero-order chi connectivity index (χ0) is 11.5. The standard InChI is InChI=1S/C12H15ClN2O/c1-3-15(4-2)12-14-8-9-7-10(13)5-6-11(9)16-12/h5-7H,3-4,8H2,1-2H3. The fraction of sp³-hybridized carbons (Fsp3) is 0.417. The molecule has 1 aromatic carbocycles. The van der Waals surface area contributed by atoms with Crippen LogP contribution in [-0.4, -0.2) is 24.0 Å². The van der Waals surface area contributed by atoms with Crippen molar-refractivity contribution in [1.29, 1.82) is 0 Å². The van der Waals surface area contributed by atoms with Crippen LogP contribution in [0.2, 0.25) is 5.02 Å². The predicted octanol–water partition coefficient (Wildman–Crippen LogP) is 2.93. The first-order chi connectivity index (χ1) is 7.74. The third kappa shape index (κ3) is 2.14. The zero-order valence-corrected chi connectivity index (χ0v) is 10.3. The lowest BCUT2D eigenvalue weighted by molar-refractivity contribution is 0.352. The van der Waals surface area contributed by atoms with E-state index in [1.54, 1.807) is 0 Å². The molecule has 1 heterocycles. The first-order valence-electron chi connectivity index (χ1n) is 5.50. The van der Waals surface area contributed by atoms with Crippen LogP contribution in [0.3, 0.4) is 0 Å². The Morgan fingerprint density at radius 2 is 2.12 bits per heavy atom. The topological polar surface area (TPSA) is 24.8 Å². The molecule has 0 saturated heterocycles. The van der Waals surface area contributed by atoms with Crippen LogP contribution in [0.15, 0.2) is 23.2 Å². The summed E-state index contributed by atoms with van der Waals surface area (Å²) in [4.78, 5) is 6.51. The van der Waals surface area contributed by atoms with Crippen LogP contribution in [0.5, 0.6) is 5.75 Å². The summed E-state index contributed by atoms with van der Waals surface area (Å²) < 4.78 is 5.75. The third-order valence-corrected chi connectivity index (χ3v) is 2.88. The quantitative estimate of drug-likeness (QED) is 0.792. The van der Waals surface area contributed by atoms with Gasteiger partial charge in [-0.3, -0.25) is 0 Å². The Hall–Kier alpha value is -1.22. The van der Waals surface area contributed by atoms with Crippen molar-refractivity contribution in [1.82, 2.24) is 4.90 Å². The van der Waals surface area contributed by atoms with Gasteiger partial charge >= 0.3 is 0 Å². The number of rotatable bonds is 2. The Kier molecular flexibility index (Phi) is 3.34. The molecule has 0 aromatic heterocycles. The molecular weight excluding hydrogens is 224 g/mol. The van der Waals surface area contributed by atoms with Gasteiger partial charge in [0.2, 0.25) is 0 Å². The van der Waals surface area contributed by atoms with Crippen molar-refractivity contribution >= 4 is 17.6 Å². The van der Waals surface area contributed by atoms with Crippen molar-refractivity contribution in [2.75, 3.05) is 13.1 Å². The van der Waals surface area contributed by atoms with Gasteiger partial charge in [-0.25, -0.2) is 4.99 Å². The molecule has 1 aliphatic rings. The molecule has 0 spiro atoms. The number of hydrogen-bond donors (Lipinski definition) is 0. The van der Waals surface area contributed by atoms with Crippen molar-refractivity contribution < 1.29 is 4.74 Å². The molecule has 0 amide bonds. The molecule has 16 heavy (non-hydrogen) atoms. The summed E-state index contributed by atoms with van der Waals surface area (Å²) in [6.45, 7) is 6.62. The lowest BCUT2D eigenvalue weighted by atomic mass is 10.2. The lowest BCUT2D eigenvalue weighted by Gasteiger charge is -2.26. The van der Waals surface area contributed by atoms with Gasteiger partial charge in [0, 0.05) is 23.7 Å². The summed E-state index contributed by atoms with van der Waals surface area (Å²) in [5, 5.41) is 0.726. The Morgan fingerprint density at radius 3 is 2.81 bits per heavy atom. The van der Waals surface area contributed by atoms with E-state index in [1.165, 1.54) is 0 Å². The van der Waals surface area contributed by atoms with Gasteiger partial charge in [0.25, 0.3) is 6.02 Å². The fourth-order valence-electron chi connectivity index (χ4n) is 1.71. The second kappa shape index (κ2) is 4.74. The summed E-state index contributed by atoms with van der Waals surface area (Å²) in [6, 6.07) is 6.35. The molecule has 0 fully saturated rings. The average Bonchev–Trinajstić information content (AvgIpc) is 2.31. The highest BCUT2D eigenvalue weighted by atomic mass is 35.5. The van der Waals surface area contributed by atoms with E-state index in [0.29, 0.717) is 12.6 Å². The smallest absolute Gasteiger partial charge is 0.293 e. The third-order valence-electron chi connectivity index (χ3n) is 2.64. The first-order valence-corrected chi connectivity index (χ1v) is 5.88. The number of aliphatic imine (C=N–C) groups is 1. The molecule has 4 heteroatoms.